The van der Waals surface area contributed by atoms with Crippen LogP contribution < -0.4 is 10.5 Å². The number of para-hydroxylation sites is 1. The van der Waals surface area contributed by atoms with E-state index in [1.165, 1.54) is 12.1 Å². The number of benzene rings is 2. The topological polar surface area (TPSA) is 67.6 Å². The van der Waals surface area contributed by atoms with E-state index >= 15 is 0 Å². The van der Waals surface area contributed by atoms with Crippen molar-refractivity contribution in [2.45, 2.75) is 13.0 Å². The summed E-state index contributed by atoms with van der Waals surface area (Å²) in [6.07, 6.45) is -0.694. The van der Waals surface area contributed by atoms with Crippen molar-refractivity contribution in [3.63, 3.8) is 0 Å². The molecule has 2 aliphatic heterocycles. The number of nitrogens with zero attached hydrogens (tertiary/aromatic N) is 2. The summed E-state index contributed by atoms with van der Waals surface area (Å²) in [7, 11) is -3.05. The van der Waals surface area contributed by atoms with Crippen LogP contribution in [0.25, 0.3) is 0 Å². The highest BCUT2D eigenvalue weighted by atomic mass is 31.2. The highest BCUT2D eigenvalue weighted by molar-refractivity contribution is 7.54. The second kappa shape index (κ2) is 6.67. The van der Waals surface area contributed by atoms with E-state index in [0.717, 1.165) is 26.2 Å². The van der Waals surface area contributed by atoms with Gasteiger partial charge in [0, 0.05) is 37.8 Å². The van der Waals surface area contributed by atoms with Crippen LogP contribution in [-0.2, 0) is 9.09 Å². The second-order valence-corrected chi connectivity index (χ2v) is 8.80. The summed E-state index contributed by atoms with van der Waals surface area (Å²) < 4.78 is 42.9. The Morgan fingerprint density at radius 3 is 2.31 bits per heavy atom. The van der Waals surface area contributed by atoms with Crippen molar-refractivity contribution in [2.75, 3.05) is 31.9 Å². The minimum Gasteiger partial charge on any atom is -0.455 e. The molecule has 4 rings (SSSR count). The molecule has 6 nitrogen and oxygen atoms in total. The molecule has 0 spiro atoms. The zero-order valence-corrected chi connectivity index (χ0v) is 15.4. The summed E-state index contributed by atoms with van der Waals surface area (Å²) in [5.74, 6) is 0.444. The zero-order valence-electron chi connectivity index (χ0n) is 14.5. The minimum absolute atomic E-state index is 0.197. The number of halogens is 1. The van der Waals surface area contributed by atoms with Gasteiger partial charge in [-0.15, -0.1) is 0 Å². The van der Waals surface area contributed by atoms with Gasteiger partial charge in [0.15, 0.2) is 5.75 Å². The molecule has 0 amide bonds. The lowest BCUT2D eigenvalue weighted by Crippen LogP contribution is -2.11. The van der Waals surface area contributed by atoms with E-state index in [0.29, 0.717) is 11.5 Å². The number of ether oxygens (including phenoxy) is 1. The van der Waals surface area contributed by atoms with E-state index < -0.39 is 19.6 Å². The molecule has 2 saturated heterocycles. The molecule has 0 bridgehead atoms. The van der Waals surface area contributed by atoms with Crippen LogP contribution in [0.15, 0.2) is 42.5 Å². The number of anilines is 1. The lowest BCUT2D eigenvalue weighted by atomic mass is 10.1. The molecule has 2 aromatic carbocycles. The van der Waals surface area contributed by atoms with E-state index in [4.69, 9.17) is 15.0 Å². The first-order valence-electron chi connectivity index (χ1n) is 8.58. The molecule has 0 radical (unpaired) electrons. The Kier molecular flexibility index (Phi) is 4.49. The highest BCUT2D eigenvalue weighted by Gasteiger charge is 2.50. The maximum atomic E-state index is 14.5. The average Bonchev–Trinajstić information content (AvgIpc) is 3.49. The number of hydrogen-bond donors (Lipinski definition) is 1. The first-order chi connectivity index (χ1) is 12.5. The number of nitrogen functional groups attached to an aromatic ring is 1. The van der Waals surface area contributed by atoms with E-state index in [9.17, 15) is 8.96 Å². The van der Waals surface area contributed by atoms with Crippen LogP contribution in [0, 0.1) is 5.82 Å². The third kappa shape index (κ3) is 3.48. The van der Waals surface area contributed by atoms with Crippen molar-refractivity contribution in [1.82, 2.24) is 9.34 Å². The van der Waals surface area contributed by atoms with Crippen LogP contribution in [-0.4, -0.2) is 35.5 Å². The monoisotopic (exact) mass is 377 g/mol. The van der Waals surface area contributed by atoms with Gasteiger partial charge in [-0.05, 0) is 25.1 Å². The summed E-state index contributed by atoms with van der Waals surface area (Å²) >= 11 is 0. The van der Waals surface area contributed by atoms with Gasteiger partial charge in [0.1, 0.15) is 11.6 Å². The van der Waals surface area contributed by atoms with Crippen LogP contribution in [0.5, 0.6) is 11.5 Å². The van der Waals surface area contributed by atoms with Crippen LogP contribution in [0.3, 0.4) is 0 Å². The Bertz CT molecular complexity index is 840. The van der Waals surface area contributed by atoms with E-state index in [2.05, 4.69) is 0 Å². The van der Waals surface area contributed by atoms with Crippen LogP contribution in [0.1, 0.15) is 18.6 Å². The maximum Gasteiger partial charge on any atom is 0.346 e. The highest BCUT2D eigenvalue weighted by Crippen LogP contribution is 2.63. The standard InChI is InChI=1S/C18H21FN3O3P/c1-13(25-26(23,21-7-8-21)22-9-10-22)15-11-18(17(20)12-16(15)19)24-14-5-3-2-4-6-14/h2-6,11-13H,7-10,20H2,1H3. The first kappa shape index (κ1) is 17.5. The maximum absolute atomic E-state index is 14.5. The first-order valence-corrected chi connectivity index (χ1v) is 10.1. The zero-order chi connectivity index (χ0) is 18.3. The Morgan fingerprint density at radius 2 is 1.73 bits per heavy atom. The molecule has 138 valence electrons. The predicted octanol–water partition coefficient (Wildman–Crippen LogP) is 4.02. The third-order valence-corrected chi connectivity index (χ3v) is 7.22. The van der Waals surface area contributed by atoms with Crippen LogP contribution in [0.4, 0.5) is 10.1 Å². The lowest BCUT2D eigenvalue weighted by Gasteiger charge is -2.24. The minimum atomic E-state index is -3.05. The Labute approximate surface area is 151 Å². The van der Waals surface area contributed by atoms with E-state index in [1.54, 1.807) is 28.4 Å². The molecule has 26 heavy (non-hydrogen) atoms. The molecular weight excluding hydrogens is 356 g/mol. The molecule has 2 aliphatic rings. The summed E-state index contributed by atoms with van der Waals surface area (Å²) in [6, 6.07) is 11.9. The second-order valence-electron chi connectivity index (χ2n) is 6.47. The number of nitrogens with two attached hydrogens (primary N) is 1. The lowest BCUT2D eigenvalue weighted by molar-refractivity contribution is 0.196. The molecule has 2 aromatic rings. The van der Waals surface area contributed by atoms with Gasteiger partial charge in [-0.2, -0.15) is 0 Å². The Hall–Kier alpha value is -1.92. The van der Waals surface area contributed by atoms with Gasteiger partial charge < -0.3 is 10.5 Å². The van der Waals surface area contributed by atoms with Crippen molar-refractivity contribution in [1.29, 1.82) is 0 Å². The van der Waals surface area contributed by atoms with Gasteiger partial charge in [-0.1, -0.05) is 18.2 Å². The van der Waals surface area contributed by atoms with Gasteiger partial charge in [-0.3, -0.25) is 9.09 Å². The number of hydrogen-bond acceptors (Lipinski definition) is 4. The van der Waals surface area contributed by atoms with Crippen molar-refractivity contribution in [2.24, 2.45) is 0 Å². The predicted molar refractivity (Wildman–Crippen MR) is 97.6 cm³/mol. The molecule has 2 heterocycles. The van der Waals surface area contributed by atoms with E-state index in [1.807, 2.05) is 18.2 Å². The fourth-order valence-electron chi connectivity index (χ4n) is 2.77. The summed E-state index contributed by atoms with van der Waals surface area (Å²) in [6.45, 7) is 4.67. The third-order valence-electron chi connectivity index (χ3n) is 4.40. The van der Waals surface area contributed by atoms with Gasteiger partial charge in [0.25, 0.3) is 0 Å². The normalized spacial score (nSPS) is 18.5. The van der Waals surface area contributed by atoms with Gasteiger partial charge in [-0.25, -0.2) is 13.7 Å². The number of rotatable bonds is 7. The fourth-order valence-corrected chi connectivity index (χ4v) is 5.11. The molecule has 2 fully saturated rings. The molecule has 1 atom stereocenters. The van der Waals surface area contributed by atoms with Gasteiger partial charge >= 0.3 is 7.67 Å². The van der Waals surface area contributed by atoms with Crippen molar-refractivity contribution < 1.29 is 18.2 Å². The van der Waals surface area contributed by atoms with Crippen molar-refractivity contribution in [3.05, 3.63) is 53.8 Å². The Morgan fingerprint density at radius 1 is 1.12 bits per heavy atom. The quantitative estimate of drug-likeness (QED) is 0.447. The fraction of sp³-hybridized carbons (Fsp3) is 0.333. The van der Waals surface area contributed by atoms with Crippen LogP contribution >= 0.6 is 7.67 Å². The SMILES string of the molecule is CC(OP(=O)(N1CC1)N1CC1)c1cc(Oc2ccccc2)c(N)cc1F. The van der Waals surface area contributed by atoms with Gasteiger partial charge in [0.05, 0.1) is 11.8 Å². The molecule has 8 heteroatoms. The summed E-state index contributed by atoms with van der Waals surface area (Å²) in [4.78, 5) is 0. The largest absolute Gasteiger partial charge is 0.455 e. The summed E-state index contributed by atoms with van der Waals surface area (Å²) in [5.41, 5.74) is 6.37. The molecule has 2 N–H and O–H groups in total. The van der Waals surface area contributed by atoms with E-state index in [-0.39, 0.29) is 11.3 Å². The molecular formula is C18H21FN3O3P. The molecule has 0 aromatic heterocycles. The summed E-state index contributed by atoms with van der Waals surface area (Å²) in [5, 5.41) is 0. The van der Waals surface area contributed by atoms with Gasteiger partial charge in [0.2, 0.25) is 0 Å². The van der Waals surface area contributed by atoms with Crippen molar-refractivity contribution >= 4 is 13.4 Å². The average molecular weight is 377 g/mol. The molecule has 1 unspecified atom stereocenters. The van der Waals surface area contributed by atoms with Crippen molar-refractivity contribution in [3.8, 4) is 11.5 Å². The Balaban J connectivity index is 1.59. The van der Waals surface area contributed by atoms with Crippen LogP contribution in [0.2, 0.25) is 0 Å². The molecule has 0 aliphatic carbocycles. The smallest absolute Gasteiger partial charge is 0.346 e. The molecule has 0 saturated carbocycles.